The molecule has 1 aromatic rings. The van der Waals surface area contributed by atoms with Crippen molar-refractivity contribution in [3.8, 4) is 0 Å². The Balaban J connectivity index is 2.92. The van der Waals surface area contributed by atoms with Gasteiger partial charge in [0.15, 0.2) is 0 Å². The maximum Gasteiger partial charge on any atom is 0.215 e. The molecule has 62 valence electrons. The molecule has 0 aliphatic carbocycles. The molecule has 0 aliphatic heterocycles. The van der Waals surface area contributed by atoms with Crippen molar-refractivity contribution in [1.82, 2.24) is 4.98 Å². The lowest BCUT2D eigenvalue weighted by atomic mass is 10.3. The third-order valence-corrected chi connectivity index (χ3v) is 1.14. The molecule has 0 amide bonds. The molecule has 1 heterocycles. The van der Waals surface area contributed by atoms with Gasteiger partial charge in [0, 0.05) is 4.91 Å². The molecule has 0 saturated heterocycles. The fraction of sp³-hybridized carbons (Fsp3) is 0.167. The summed E-state index contributed by atoms with van der Waals surface area (Å²) in [5.74, 6) is -1.84. The normalized spacial score (nSPS) is 9.17. The van der Waals surface area contributed by atoms with Crippen molar-refractivity contribution < 1.29 is 8.78 Å². The lowest BCUT2D eigenvalue weighted by molar-refractivity contribution is 0.509. The monoisotopic (exact) mass is 170 g/mol. The molecule has 12 heavy (non-hydrogen) atoms. The molecule has 0 spiro atoms. The number of hydrogen-bond acceptors (Lipinski definition) is 2. The highest BCUT2D eigenvalue weighted by molar-refractivity contribution is 5.11. The molecule has 0 aromatic carbocycles. The minimum absolute atomic E-state index is 0.0765. The second kappa shape index (κ2) is 3.64. The average Bonchev–Trinajstić information content (AvgIpc) is 1.99. The molecule has 0 N–H and O–H groups in total. The van der Waals surface area contributed by atoms with Crippen molar-refractivity contribution in [2.75, 3.05) is 0 Å². The zero-order valence-corrected chi connectivity index (χ0v) is 5.91. The maximum absolute atomic E-state index is 12.4. The Morgan fingerprint density at radius 1 is 1.42 bits per heavy atom. The topological polar surface area (TPSA) is 61.7 Å². The molecule has 0 bridgehead atoms. The van der Waals surface area contributed by atoms with Crippen LogP contribution in [-0.4, -0.2) is 4.98 Å². The van der Waals surface area contributed by atoms with E-state index < -0.39 is 11.9 Å². The van der Waals surface area contributed by atoms with Crippen molar-refractivity contribution in [1.29, 1.82) is 0 Å². The molecule has 4 nitrogen and oxygen atoms in total. The number of rotatable bonds is 2. The SMILES string of the molecule is [N-]=[N+]=NCc1cc(F)nc(F)c1. The van der Waals surface area contributed by atoms with Gasteiger partial charge in [0.25, 0.3) is 0 Å². The number of azide groups is 1. The van der Waals surface area contributed by atoms with Gasteiger partial charge in [-0.1, -0.05) is 5.11 Å². The van der Waals surface area contributed by atoms with Crippen LogP contribution in [0.3, 0.4) is 0 Å². The smallest absolute Gasteiger partial charge is 0.191 e. The summed E-state index contributed by atoms with van der Waals surface area (Å²) < 4.78 is 24.7. The summed E-state index contributed by atoms with van der Waals surface area (Å²) in [6, 6.07) is 2.02. The van der Waals surface area contributed by atoms with Crippen LogP contribution in [0.25, 0.3) is 10.4 Å². The summed E-state index contributed by atoms with van der Waals surface area (Å²) in [4.78, 5) is 5.32. The van der Waals surface area contributed by atoms with Crippen LogP contribution in [-0.2, 0) is 6.54 Å². The van der Waals surface area contributed by atoms with E-state index in [1.807, 2.05) is 0 Å². The highest BCUT2D eigenvalue weighted by Gasteiger charge is 1.99. The molecule has 0 unspecified atom stereocenters. The van der Waals surface area contributed by atoms with Gasteiger partial charge < -0.3 is 0 Å². The van der Waals surface area contributed by atoms with Gasteiger partial charge in [-0.25, -0.2) is 0 Å². The number of halogens is 2. The van der Waals surface area contributed by atoms with E-state index in [1.165, 1.54) is 0 Å². The lowest BCUT2D eigenvalue weighted by Crippen LogP contribution is -1.91. The summed E-state index contributed by atoms with van der Waals surface area (Å²) in [6.45, 7) is -0.0765. The minimum atomic E-state index is -0.918. The first-order chi connectivity index (χ1) is 5.72. The third-order valence-electron chi connectivity index (χ3n) is 1.14. The van der Waals surface area contributed by atoms with Gasteiger partial charge in [0.2, 0.25) is 11.9 Å². The fourth-order valence-electron chi connectivity index (χ4n) is 0.719. The first-order valence-electron chi connectivity index (χ1n) is 3.05. The Bertz CT molecular complexity index is 312. The van der Waals surface area contributed by atoms with Gasteiger partial charge in [-0.2, -0.15) is 13.8 Å². The lowest BCUT2D eigenvalue weighted by Gasteiger charge is -1.94. The van der Waals surface area contributed by atoms with Gasteiger partial charge in [-0.3, -0.25) is 0 Å². The Hall–Kier alpha value is -1.68. The summed E-state index contributed by atoms with van der Waals surface area (Å²) in [5, 5.41) is 3.14. The summed E-state index contributed by atoms with van der Waals surface area (Å²) in [7, 11) is 0. The summed E-state index contributed by atoms with van der Waals surface area (Å²) >= 11 is 0. The van der Waals surface area contributed by atoms with Gasteiger partial charge >= 0.3 is 0 Å². The van der Waals surface area contributed by atoms with E-state index in [1.54, 1.807) is 0 Å². The van der Waals surface area contributed by atoms with Crippen LogP contribution >= 0.6 is 0 Å². The van der Waals surface area contributed by atoms with E-state index in [2.05, 4.69) is 15.0 Å². The second-order valence-electron chi connectivity index (χ2n) is 2.01. The Labute approximate surface area is 66.5 Å². The molecule has 6 heteroatoms. The van der Waals surface area contributed by atoms with Crippen molar-refractivity contribution in [3.05, 3.63) is 40.0 Å². The maximum atomic E-state index is 12.4. The van der Waals surface area contributed by atoms with E-state index >= 15 is 0 Å². The van der Waals surface area contributed by atoms with E-state index in [9.17, 15) is 8.78 Å². The van der Waals surface area contributed by atoms with Crippen LogP contribution < -0.4 is 0 Å². The third kappa shape index (κ3) is 2.17. The highest BCUT2D eigenvalue weighted by Crippen LogP contribution is 2.05. The minimum Gasteiger partial charge on any atom is -0.191 e. The number of hydrogen-bond donors (Lipinski definition) is 0. The van der Waals surface area contributed by atoms with Crippen molar-refractivity contribution in [2.24, 2.45) is 5.11 Å². The molecular weight excluding hydrogens is 166 g/mol. The first-order valence-corrected chi connectivity index (χ1v) is 3.05. The van der Waals surface area contributed by atoms with E-state index in [-0.39, 0.29) is 12.1 Å². The highest BCUT2D eigenvalue weighted by atomic mass is 19.1. The first kappa shape index (κ1) is 8.42. The average molecular weight is 170 g/mol. The Morgan fingerprint density at radius 3 is 2.50 bits per heavy atom. The van der Waals surface area contributed by atoms with Crippen molar-refractivity contribution >= 4 is 0 Å². The number of nitrogens with zero attached hydrogens (tertiary/aromatic N) is 4. The molecule has 0 radical (unpaired) electrons. The van der Waals surface area contributed by atoms with Crippen molar-refractivity contribution in [2.45, 2.75) is 6.54 Å². The van der Waals surface area contributed by atoms with Crippen LogP contribution in [0.4, 0.5) is 8.78 Å². The molecule has 1 rings (SSSR count). The van der Waals surface area contributed by atoms with Gasteiger partial charge in [-0.05, 0) is 23.2 Å². The van der Waals surface area contributed by atoms with Crippen LogP contribution in [0.15, 0.2) is 17.2 Å². The molecular formula is C6H4F2N4. The zero-order chi connectivity index (χ0) is 8.97. The molecule has 0 saturated carbocycles. The van der Waals surface area contributed by atoms with Crippen LogP contribution in [0.5, 0.6) is 0 Å². The largest absolute Gasteiger partial charge is 0.215 e. The van der Waals surface area contributed by atoms with Crippen LogP contribution in [0.2, 0.25) is 0 Å². The molecule has 0 aliphatic rings. The summed E-state index contributed by atoms with van der Waals surface area (Å²) in [5.41, 5.74) is 8.18. The molecule has 0 atom stereocenters. The number of pyridine rings is 1. The predicted molar refractivity (Wildman–Crippen MR) is 37.0 cm³/mol. The quantitative estimate of drug-likeness (QED) is 0.290. The van der Waals surface area contributed by atoms with E-state index in [0.29, 0.717) is 0 Å². The van der Waals surface area contributed by atoms with Crippen molar-refractivity contribution in [3.63, 3.8) is 0 Å². The molecule has 1 aromatic heterocycles. The Kier molecular flexibility index (Phi) is 2.55. The summed E-state index contributed by atoms with van der Waals surface area (Å²) in [6.07, 6.45) is 0. The second-order valence-corrected chi connectivity index (χ2v) is 2.01. The van der Waals surface area contributed by atoms with E-state index in [0.717, 1.165) is 12.1 Å². The van der Waals surface area contributed by atoms with E-state index in [4.69, 9.17) is 5.53 Å². The van der Waals surface area contributed by atoms with Gasteiger partial charge in [-0.15, -0.1) is 0 Å². The van der Waals surface area contributed by atoms with Crippen LogP contribution in [0.1, 0.15) is 5.56 Å². The van der Waals surface area contributed by atoms with Gasteiger partial charge in [0.05, 0.1) is 6.54 Å². The van der Waals surface area contributed by atoms with Gasteiger partial charge in [0.1, 0.15) is 0 Å². The fourth-order valence-corrected chi connectivity index (χ4v) is 0.719. The number of aromatic nitrogens is 1. The standard InChI is InChI=1S/C6H4F2N4/c7-5-1-4(3-10-12-9)2-6(8)11-5/h1-2H,3H2. The molecule has 0 fully saturated rings. The zero-order valence-electron chi connectivity index (χ0n) is 5.91. The van der Waals surface area contributed by atoms with Crippen LogP contribution in [0, 0.1) is 11.9 Å². The Morgan fingerprint density at radius 2 is 2.00 bits per heavy atom. The predicted octanol–water partition coefficient (Wildman–Crippen LogP) is 2.17.